The maximum absolute atomic E-state index is 6.38. The molecule has 2 rings (SSSR count). The Morgan fingerprint density at radius 2 is 2.15 bits per heavy atom. The Kier molecular flexibility index (Phi) is 6.18. The first-order chi connectivity index (χ1) is 9.74. The van der Waals surface area contributed by atoms with Crippen molar-refractivity contribution < 1.29 is 0 Å². The largest absolute Gasteiger partial charge is 0.371 e. The molecule has 1 fully saturated rings. The molecule has 0 amide bonds. The van der Waals surface area contributed by atoms with Crippen molar-refractivity contribution in [3.63, 3.8) is 0 Å². The van der Waals surface area contributed by atoms with E-state index in [4.69, 9.17) is 11.6 Å². The first-order valence-corrected chi connectivity index (χ1v) is 8.30. The quantitative estimate of drug-likeness (QED) is 0.862. The summed E-state index contributed by atoms with van der Waals surface area (Å²) in [6.45, 7) is 5.47. The first kappa shape index (κ1) is 15.7. The molecule has 1 aromatic rings. The summed E-state index contributed by atoms with van der Waals surface area (Å²) in [5.74, 6) is 0.920. The van der Waals surface area contributed by atoms with Crippen LogP contribution in [0, 0.1) is 5.92 Å². The molecule has 1 saturated heterocycles. The third-order valence-electron chi connectivity index (χ3n) is 4.31. The number of halogens is 1. The van der Waals surface area contributed by atoms with E-state index in [0.717, 1.165) is 17.5 Å². The van der Waals surface area contributed by atoms with Gasteiger partial charge in [-0.05, 0) is 49.9 Å². The summed E-state index contributed by atoms with van der Waals surface area (Å²) < 4.78 is 0. The summed E-state index contributed by atoms with van der Waals surface area (Å²) in [6.07, 6.45) is 6.71. The molecule has 1 aliphatic rings. The highest BCUT2D eigenvalue weighted by Gasteiger charge is 2.17. The number of rotatable bonds is 5. The van der Waals surface area contributed by atoms with Crippen molar-refractivity contribution in [2.45, 2.75) is 45.6 Å². The van der Waals surface area contributed by atoms with Crippen LogP contribution in [0.15, 0.2) is 18.2 Å². The maximum atomic E-state index is 6.38. The second-order valence-electron chi connectivity index (χ2n) is 5.88. The molecule has 0 bridgehead atoms. The molecule has 1 N–H and O–H groups in total. The Hall–Kier alpha value is -0.730. The predicted molar refractivity (Wildman–Crippen MR) is 88.7 cm³/mol. The van der Waals surface area contributed by atoms with Crippen LogP contribution in [-0.2, 0) is 6.54 Å². The molecule has 0 aliphatic carbocycles. The maximum Gasteiger partial charge on any atom is 0.0471 e. The van der Waals surface area contributed by atoms with Gasteiger partial charge >= 0.3 is 0 Å². The molecule has 112 valence electrons. The van der Waals surface area contributed by atoms with Gasteiger partial charge in [-0.15, -0.1) is 0 Å². The van der Waals surface area contributed by atoms with Gasteiger partial charge in [0.25, 0.3) is 0 Å². The monoisotopic (exact) mass is 294 g/mol. The number of hydrogen-bond acceptors (Lipinski definition) is 2. The average Bonchev–Trinajstić information content (AvgIpc) is 2.67. The second-order valence-corrected chi connectivity index (χ2v) is 6.29. The minimum atomic E-state index is 0.831. The highest BCUT2D eigenvalue weighted by Crippen LogP contribution is 2.28. The molecule has 0 radical (unpaired) electrons. The molecule has 1 atom stereocenters. The van der Waals surface area contributed by atoms with Gasteiger partial charge in [0.15, 0.2) is 0 Å². The standard InChI is InChI=1S/C17H27ClN2/c1-3-5-14-6-4-10-20(11-9-14)16-8-7-15(13-19-2)17(18)12-16/h7-8,12,14,19H,3-6,9-11,13H2,1-2H3. The number of hydrogen-bond donors (Lipinski definition) is 1. The fourth-order valence-electron chi connectivity index (χ4n) is 3.19. The van der Waals surface area contributed by atoms with E-state index in [9.17, 15) is 0 Å². The Labute approximate surface area is 128 Å². The van der Waals surface area contributed by atoms with E-state index < -0.39 is 0 Å². The Morgan fingerprint density at radius 1 is 1.30 bits per heavy atom. The fourth-order valence-corrected chi connectivity index (χ4v) is 3.43. The molecule has 20 heavy (non-hydrogen) atoms. The van der Waals surface area contributed by atoms with E-state index in [1.165, 1.54) is 56.4 Å². The summed E-state index contributed by atoms with van der Waals surface area (Å²) in [5, 5.41) is 4.04. The molecule has 3 heteroatoms. The molecule has 0 spiro atoms. The summed E-state index contributed by atoms with van der Waals surface area (Å²) in [4.78, 5) is 2.50. The molecule has 1 heterocycles. The third kappa shape index (κ3) is 4.13. The molecule has 0 saturated carbocycles. The Balaban J connectivity index is 2.02. The highest BCUT2D eigenvalue weighted by atomic mass is 35.5. The van der Waals surface area contributed by atoms with Crippen molar-refractivity contribution in [3.8, 4) is 0 Å². The van der Waals surface area contributed by atoms with Crippen LogP contribution in [0.2, 0.25) is 5.02 Å². The summed E-state index contributed by atoms with van der Waals surface area (Å²) in [5.41, 5.74) is 2.46. The molecule has 1 aromatic carbocycles. The topological polar surface area (TPSA) is 15.3 Å². The lowest BCUT2D eigenvalue weighted by Gasteiger charge is -2.23. The average molecular weight is 295 g/mol. The molecule has 0 aromatic heterocycles. The lowest BCUT2D eigenvalue weighted by molar-refractivity contribution is 0.435. The molecular weight excluding hydrogens is 268 g/mol. The van der Waals surface area contributed by atoms with Crippen LogP contribution in [0.5, 0.6) is 0 Å². The highest BCUT2D eigenvalue weighted by molar-refractivity contribution is 6.31. The lowest BCUT2D eigenvalue weighted by Crippen LogP contribution is -2.24. The Bertz CT molecular complexity index is 419. The van der Waals surface area contributed by atoms with Gasteiger partial charge in [-0.1, -0.05) is 37.4 Å². The van der Waals surface area contributed by atoms with E-state index in [0.29, 0.717) is 0 Å². The van der Waals surface area contributed by atoms with Crippen molar-refractivity contribution in [3.05, 3.63) is 28.8 Å². The summed E-state index contributed by atoms with van der Waals surface area (Å²) in [7, 11) is 1.95. The van der Waals surface area contributed by atoms with Crippen LogP contribution in [0.4, 0.5) is 5.69 Å². The Morgan fingerprint density at radius 3 is 2.85 bits per heavy atom. The van der Waals surface area contributed by atoms with E-state index in [1.807, 2.05) is 7.05 Å². The van der Waals surface area contributed by atoms with Crippen LogP contribution >= 0.6 is 11.6 Å². The smallest absolute Gasteiger partial charge is 0.0471 e. The van der Waals surface area contributed by atoms with Crippen molar-refractivity contribution >= 4 is 17.3 Å². The zero-order valence-corrected chi connectivity index (χ0v) is 13.5. The molecule has 1 unspecified atom stereocenters. The van der Waals surface area contributed by atoms with Gasteiger partial charge in [0.1, 0.15) is 0 Å². The molecule has 1 aliphatic heterocycles. The van der Waals surface area contributed by atoms with Gasteiger partial charge in [-0.2, -0.15) is 0 Å². The van der Waals surface area contributed by atoms with Gasteiger partial charge < -0.3 is 10.2 Å². The van der Waals surface area contributed by atoms with Crippen LogP contribution in [0.1, 0.15) is 44.6 Å². The minimum Gasteiger partial charge on any atom is -0.371 e. The van der Waals surface area contributed by atoms with E-state index in [1.54, 1.807) is 0 Å². The van der Waals surface area contributed by atoms with Crippen LogP contribution in [0.25, 0.3) is 0 Å². The SMILES string of the molecule is CCCC1CCCN(c2ccc(CNC)c(Cl)c2)CC1. The third-order valence-corrected chi connectivity index (χ3v) is 4.67. The number of nitrogens with zero attached hydrogens (tertiary/aromatic N) is 1. The second kappa shape index (κ2) is 7.90. The lowest BCUT2D eigenvalue weighted by atomic mass is 9.96. The zero-order valence-electron chi connectivity index (χ0n) is 12.8. The zero-order chi connectivity index (χ0) is 14.4. The van der Waals surface area contributed by atoms with Crippen molar-refractivity contribution in [2.75, 3.05) is 25.0 Å². The van der Waals surface area contributed by atoms with Gasteiger partial charge in [-0.3, -0.25) is 0 Å². The normalized spacial score (nSPS) is 19.9. The molecule has 2 nitrogen and oxygen atoms in total. The van der Waals surface area contributed by atoms with Crippen LogP contribution in [0.3, 0.4) is 0 Å². The van der Waals surface area contributed by atoms with Crippen molar-refractivity contribution in [1.29, 1.82) is 0 Å². The van der Waals surface area contributed by atoms with Crippen LogP contribution in [-0.4, -0.2) is 20.1 Å². The first-order valence-electron chi connectivity index (χ1n) is 7.92. The van der Waals surface area contributed by atoms with Gasteiger partial charge in [0, 0.05) is 30.3 Å². The number of anilines is 1. The van der Waals surface area contributed by atoms with Crippen molar-refractivity contribution in [1.82, 2.24) is 5.32 Å². The van der Waals surface area contributed by atoms with E-state index in [2.05, 4.69) is 35.3 Å². The fraction of sp³-hybridized carbons (Fsp3) is 0.647. The van der Waals surface area contributed by atoms with Gasteiger partial charge in [-0.25, -0.2) is 0 Å². The number of nitrogens with one attached hydrogen (secondary N) is 1. The van der Waals surface area contributed by atoms with E-state index >= 15 is 0 Å². The summed E-state index contributed by atoms with van der Waals surface area (Å²) >= 11 is 6.38. The van der Waals surface area contributed by atoms with Gasteiger partial charge in [0.05, 0.1) is 0 Å². The van der Waals surface area contributed by atoms with Crippen LogP contribution < -0.4 is 10.2 Å². The summed E-state index contributed by atoms with van der Waals surface area (Å²) in [6, 6.07) is 6.51. The predicted octanol–water partition coefficient (Wildman–Crippen LogP) is 4.47. The number of benzene rings is 1. The molecular formula is C17H27ClN2. The minimum absolute atomic E-state index is 0.831. The van der Waals surface area contributed by atoms with Gasteiger partial charge in [0.2, 0.25) is 0 Å². The van der Waals surface area contributed by atoms with E-state index in [-0.39, 0.29) is 0 Å². The van der Waals surface area contributed by atoms with Crippen molar-refractivity contribution in [2.24, 2.45) is 5.92 Å².